The summed E-state index contributed by atoms with van der Waals surface area (Å²) in [6.07, 6.45) is 3.63. The van der Waals surface area contributed by atoms with Crippen molar-refractivity contribution in [1.82, 2.24) is 9.88 Å². The Bertz CT molecular complexity index is 758. The molecule has 0 aliphatic carbocycles. The van der Waals surface area contributed by atoms with E-state index in [0.717, 1.165) is 42.1 Å². The van der Waals surface area contributed by atoms with Crippen LogP contribution in [0.1, 0.15) is 40.5 Å². The van der Waals surface area contributed by atoms with Gasteiger partial charge in [-0.2, -0.15) is 0 Å². The highest BCUT2D eigenvalue weighted by Gasteiger charge is 2.31. The van der Waals surface area contributed by atoms with Gasteiger partial charge in [0.15, 0.2) is 11.5 Å². The molecule has 2 aromatic rings. The lowest BCUT2D eigenvalue weighted by Gasteiger charge is -2.26. The van der Waals surface area contributed by atoms with Gasteiger partial charge in [-0.05, 0) is 49.6 Å². The van der Waals surface area contributed by atoms with Crippen LogP contribution in [-0.2, 0) is 0 Å². The van der Waals surface area contributed by atoms with Crippen LogP contribution in [0.5, 0.6) is 11.5 Å². The number of fused-ring (bicyclic) bond motifs is 1. The number of amides is 1. The molecule has 0 bridgehead atoms. The molecule has 5 nitrogen and oxygen atoms in total. The lowest BCUT2D eigenvalue weighted by molar-refractivity contribution is 0.0734. The monoisotopic (exact) mass is 324 g/mol. The molecule has 1 aromatic carbocycles. The third-order valence-electron chi connectivity index (χ3n) is 4.62. The van der Waals surface area contributed by atoms with E-state index in [9.17, 15) is 4.79 Å². The van der Waals surface area contributed by atoms with Crippen molar-refractivity contribution in [1.29, 1.82) is 0 Å². The zero-order chi connectivity index (χ0) is 16.5. The Labute approximate surface area is 141 Å². The zero-order valence-electron chi connectivity index (χ0n) is 13.7. The van der Waals surface area contributed by atoms with Gasteiger partial charge in [0.05, 0.1) is 11.6 Å². The highest BCUT2D eigenvalue weighted by Crippen LogP contribution is 2.38. The molecule has 1 saturated heterocycles. The Morgan fingerprint density at radius 1 is 1.17 bits per heavy atom. The highest BCUT2D eigenvalue weighted by atomic mass is 16.6. The molecule has 124 valence electrons. The van der Waals surface area contributed by atoms with E-state index in [1.807, 2.05) is 42.2 Å². The maximum absolute atomic E-state index is 12.9. The number of benzene rings is 1. The number of carbonyl (C=O) groups excluding carboxylic acids is 1. The van der Waals surface area contributed by atoms with Crippen molar-refractivity contribution in [3.63, 3.8) is 0 Å². The second-order valence-corrected chi connectivity index (χ2v) is 6.25. The van der Waals surface area contributed by atoms with E-state index in [4.69, 9.17) is 9.47 Å². The predicted octanol–water partition coefficient (Wildman–Crippen LogP) is 3.14. The van der Waals surface area contributed by atoms with E-state index in [-0.39, 0.29) is 11.9 Å². The van der Waals surface area contributed by atoms with Gasteiger partial charge in [-0.1, -0.05) is 6.07 Å². The van der Waals surface area contributed by atoms with Crippen molar-refractivity contribution in [2.75, 3.05) is 19.8 Å². The van der Waals surface area contributed by atoms with Crippen molar-refractivity contribution in [3.05, 3.63) is 53.3 Å². The van der Waals surface area contributed by atoms with Crippen molar-refractivity contribution >= 4 is 5.91 Å². The van der Waals surface area contributed by atoms with Crippen LogP contribution in [0.15, 0.2) is 36.5 Å². The molecule has 1 fully saturated rings. The summed E-state index contributed by atoms with van der Waals surface area (Å²) < 4.78 is 11.3. The average molecular weight is 324 g/mol. The SMILES string of the molecule is Cc1ccc(C(=O)N2CCCC2c2ccc3c(c2)OCCO3)cn1. The van der Waals surface area contributed by atoms with Crippen LogP contribution in [-0.4, -0.2) is 35.5 Å². The fourth-order valence-electron chi connectivity index (χ4n) is 3.38. The average Bonchev–Trinajstić information content (AvgIpc) is 3.11. The molecule has 0 spiro atoms. The summed E-state index contributed by atoms with van der Waals surface area (Å²) in [5.74, 6) is 1.60. The van der Waals surface area contributed by atoms with Crippen LogP contribution in [0.2, 0.25) is 0 Å². The standard InChI is InChI=1S/C19H20N2O3/c1-13-4-5-15(12-20-13)19(22)21-8-2-3-16(21)14-6-7-17-18(11-14)24-10-9-23-17/h4-7,11-12,16H,2-3,8-10H2,1H3. The number of pyridine rings is 1. The maximum Gasteiger partial charge on any atom is 0.255 e. The minimum atomic E-state index is 0.0416. The Morgan fingerprint density at radius 2 is 2.00 bits per heavy atom. The van der Waals surface area contributed by atoms with Gasteiger partial charge in [-0.15, -0.1) is 0 Å². The quantitative estimate of drug-likeness (QED) is 0.851. The summed E-state index contributed by atoms with van der Waals surface area (Å²) in [5, 5.41) is 0. The summed E-state index contributed by atoms with van der Waals surface area (Å²) >= 11 is 0. The number of carbonyl (C=O) groups is 1. The smallest absolute Gasteiger partial charge is 0.255 e. The number of aryl methyl sites for hydroxylation is 1. The van der Waals surface area contributed by atoms with Gasteiger partial charge in [0.2, 0.25) is 0 Å². The van der Waals surface area contributed by atoms with Gasteiger partial charge < -0.3 is 14.4 Å². The summed E-state index contributed by atoms with van der Waals surface area (Å²) in [7, 11) is 0. The van der Waals surface area contributed by atoms with E-state index in [0.29, 0.717) is 18.8 Å². The highest BCUT2D eigenvalue weighted by molar-refractivity contribution is 5.94. The zero-order valence-corrected chi connectivity index (χ0v) is 13.7. The van der Waals surface area contributed by atoms with Crippen molar-refractivity contribution in [2.45, 2.75) is 25.8 Å². The second-order valence-electron chi connectivity index (χ2n) is 6.25. The minimum absolute atomic E-state index is 0.0416. The fraction of sp³-hybridized carbons (Fsp3) is 0.368. The molecular weight excluding hydrogens is 304 g/mol. The van der Waals surface area contributed by atoms with Gasteiger partial charge in [-0.3, -0.25) is 9.78 Å². The molecule has 1 amide bonds. The van der Waals surface area contributed by atoms with Crippen molar-refractivity contribution in [3.8, 4) is 11.5 Å². The second kappa shape index (κ2) is 6.15. The Hall–Kier alpha value is -2.56. The third kappa shape index (κ3) is 2.70. The number of hydrogen-bond donors (Lipinski definition) is 0. The molecule has 3 heterocycles. The van der Waals surface area contributed by atoms with Gasteiger partial charge in [-0.25, -0.2) is 0 Å². The van der Waals surface area contributed by atoms with Gasteiger partial charge in [0.25, 0.3) is 5.91 Å². The number of rotatable bonds is 2. The van der Waals surface area contributed by atoms with Crippen LogP contribution in [0.4, 0.5) is 0 Å². The summed E-state index contributed by atoms with van der Waals surface area (Å²) in [4.78, 5) is 19.0. The first-order valence-corrected chi connectivity index (χ1v) is 8.35. The molecule has 1 atom stereocenters. The van der Waals surface area contributed by atoms with Crippen LogP contribution < -0.4 is 9.47 Å². The van der Waals surface area contributed by atoms with E-state index >= 15 is 0 Å². The van der Waals surface area contributed by atoms with Crippen LogP contribution >= 0.6 is 0 Å². The number of aromatic nitrogens is 1. The normalized spacial score (nSPS) is 19.4. The summed E-state index contributed by atoms with van der Waals surface area (Å²) in [6, 6.07) is 9.80. The van der Waals surface area contributed by atoms with Crippen molar-refractivity contribution < 1.29 is 14.3 Å². The fourth-order valence-corrected chi connectivity index (χ4v) is 3.38. The molecule has 2 aliphatic rings. The molecular formula is C19H20N2O3. The maximum atomic E-state index is 12.9. The Kier molecular flexibility index (Phi) is 3.84. The summed E-state index contributed by atoms with van der Waals surface area (Å²) in [6.45, 7) is 3.84. The molecule has 1 unspecified atom stereocenters. The molecule has 5 heteroatoms. The van der Waals surface area contributed by atoms with Gasteiger partial charge in [0, 0.05) is 18.4 Å². The lowest BCUT2D eigenvalue weighted by atomic mass is 10.0. The molecule has 0 radical (unpaired) electrons. The minimum Gasteiger partial charge on any atom is -0.486 e. The Morgan fingerprint density at radius 3 is 2.79 bits per heavy atom. The van der Waals surface area contributed by atoms with Crippen LogP contribution in [0.3, 0.4) is 0 Å². The van der Waals surface area contributed by atoms with E-state index in [2.05, 4.69) is 4.98 Å². The van der Waals surface area contributed by atoms with E-state index in [1.54, 1.807) is 6.20 Å². The number of nitrogens with zero attached hydrogens (tertiary/aromatic N) is 2. The topological polar surface area (TPSA) is 51.7 Å². The largest absolute Gasteiger partial charge is 0.486 e. The van der Waals surface area contributed by atoms with E-state index < -0.39 is 0 Å². The van der Waals surface area contributed by atoms with Crippen molar-refractivity contribution in [2.24, 2.45) is 0 Å². The molecule has 0 N–H and O–H groups in total. The van der Waals surface area contributed by atoms with Crippen LogP contribution in [0, 0.1) is 6.92 Å². The Balaban J connectivity index is 1.60. The number of ether oxygens (including phenoxy) is 2. The third-order valence-corrected chi connectivity index (χ3v) is 4.62. The van der Waals surface area contributed by atoms with Crippen LogP contribution in [0.25, 0.3) is 0 Å². The first-order valence-electron chi connectivity index (χ1n) is 8.35. The molecule has 2 aliphatic heterocycles. The molecule has 1 aromatic heterocycles. The summed E-state index contributed by atoms with van der Waals surface area (Å²) in [5.41, 5.74) is 2.66. The van der Waals surface area contributed by atoms with Gasteiger partial charge in [0.1, 0.15) is 13.2 Å². The van der Waals surface area contributed by atoms with Gasteiger partial charge >= 0.3 is 0 Å². The first kappa shape index (κ1) is 15.0. The lowest BCUT2D eigenvalue weighted by Crippen LogP contribution is -2.30. The number of hydrogen-bond acceptors (Lipinski definition) is 4. The molecule has 4 rings (SSSR count). The first-order chi connectivity index (χ1) is 11.7. The molecule has 0 saturated carbocycles. The number of likely N-dealkylation sites (tertiary alicyclic amines) is 1. The van der Waals surface area contributed by atoms with E-state index in [1.165, 1.54) is 0 Å². The molecule has 24 heavy (non-hydrogen) atoms. The predicted molar refractivity (Wildman–Crippen MR) is 89.4 cm³/mol.